The molecular formula is C22H24F3N9O. The number of nitrogen functional groups attached to an aromatic ring is 1. The molecule has 1 saturated carbocycles. The van der Waals surface area contributed by atoms with Gasteiger partial charge >= 0.3 is 6.18 Å². The first kappa shape index (κ1) is 22.9. The van der Waals surface area contributed by atoms with E-state index in [-0.39, 0.29) is 34.8 Å². The molecule has 0 spiro atoms. The third kappa shape index (κ3) is 4.33. The Morgan fingerprint density at radius 2 is 1.97 bits per heavy atom. The summed E-state index contributed by atoms with van der Waals surface area (Å²) < 4.78 is 41.9. The van der Waals surface area contributed by atoms with Crippen molar-refractivity contribution in [2.45, 2.75) is 57.9 Å². The number of hydrogen-bond donors (Lipinski definition) is 3. The topological polar surface area (TPSA) is 128 Å². The lowest BCUT2D eigenvalue weighted by molar-refractivity contribution is -0.140. The molecule has 0 saturated heterocycles. The molecule has 10 nitrogen and oxygen atoms in total. The average Bonchev–Trinajstić information content (AvgIpc) is 3.26. The minimum atomic E-state index is -4.40. The minimum Gasteiger partial charge on any atom is -0.382 e. The second-order valence-electron chi connectivity index (χ2n) is 9.23. The van der Waals surface area contributed by atoms with Crippen molar-refractivity contribution in [3.63, 3.8) is 0 Å². The number of rotatable bonds is 5. The zero-order valence-electron chi connectivity index (χ0n) is 19.3. The quantitative estimate of drug-likeness (QED) is 0.395. The molecular weight excluding hydrogens is 463 g/mol. The summed E-state index contributed by atoms with van der Waals surface area (Å²) in [6.07, 6.45) is -1.26. The Labute approximate surface area is 197 Å². The zero-order chi connectivity index (χ0) is 25.1. The maximum absolute atomic E-state index is 13.1. The van der Waals surface area contributed by atoms with Crippen LogP contribution in [-0.4, -0.2) is 52.8 Å². The molecule has 0 unspecified atom stereocenters. The minimum absolute atomic E-state index is 0.0730. The number of nitrogens with two attached hydrogens (primary N) is 1. The molecule has 13 heteroatoms. The Morgan fingerprint density at radius 3 is 2.66 bits per heavy atom. The third-order valence-electron chi connectivity index (χ3n) is 6.14. The number of imidazole rings is 1. The number of pyridine rings is 1. The number of carbonyl (C=O) groups is 1. The lowest BCUT2D eigenvalue weighted by Gasteiger charge is -2.45. The second kappa shape index (κ2) is 7.82. The Morgan fingerprint density at radius 1 is 1.23 bits per heavy atom. The normalized spacial score (nSPS) is 20.2. The molecule has 0 aromatic carbocycles. The number of alkyl halides is 3. The zero-order valence-corrected chi connectivity index (χ0v) is 19.3. The number of aryl methyl sites for hydroxylation is 1. The molecule has 4 N–H and O–H groups in total. The molecule has 0 aliphatic heterocycles. The first-order valence-corrected chi connectivity index (χ1v) is 11.0. The highest BCUT2D eigenvalue weighted by Gasteiger charge is 2.41. The van der Waals surface area contributed by atoms with Crippen LogP contribution in [0.3, 0.4) is 0 Å². The molecule has 5 rings (SSSR count). The summed E-state index contributed by atoms with van der Waals surface area (Å²) in [5.41, 5.74) is 8.04. The van der Waals surface area contributed by atoms with E-state index in [9.17, 15) is 18.0 Å². The van der Waals surface area contributed by atoms with Crippen LogP contribution in [0.25, 0.3) is 27.9 Å². The van der Waals surface area contributed by atoms with Gasteiger partial charge in [0.1, 0.15) is 23.4 Å². The van der Waals surface area contributed by atoms with Gasteiger partial charge in [-0.05, 0) is 44.9 Å². The number of carbonyl (C=O) groups excluding carboxylic acids is 1. The van der Waals surface area contributed by atoms with Crippen LogP contribution < -0.4 is 16.4 Å². The molecule has 0 atom stereocenters. The Hall–Kier alpha value is -3.90. The summed E-state index contributed by atoms with van der Waals surface area (Å²) in [7, 11) is 0. The first-order chi connectivity index (χ1) is 16.4. The van der Waals surface area contributed by atoms with Crippen LogP contribution in [0.4, 0.5) is 24.9 Å². The van der Waals surface area contributed by atoms with Crippen molar-refractivity contribution < 1.29 is 18.0 Å². The van der Waals surface area contributed by atoms with Gasteiger partial charge in [-0.25, -0.2) is 14.5 Å². The highest BCUT2D eigenvalue weighted by molar-refractivity contribution is 5.88. The van der Waals surface area contributed by atoms with Crippen LogP contribution in [0.1, 0.15) is 32.5 Å². The average molecular weight is 487 g/mol. The molecule has 184 valence electrons. The number of nitrogens with zero attached hydrogens (tertiary/aromatic N) is 6. The monoisotopic (exact) mass is 487 g/mol. The summed E-state index contributed by atoms with van der Waals surface area (Å²) in [5, 5.41) is 10.7. The van der Waals surface area contributed by atoms with E-state index in [1.807, 2.05) is 6.92 Å². The van der Waals surface area contributed by atoms with Crippen LogP contribution in [-0.2, 0) is 11.3 Å². The number of aromatic nitrogens is 6. The first-order valence-electron chi connectivity index (χ1n) is 11.0. The van der Waals surface area contributed by atoms with Crippen LogP contribution in [0, 0.1) is 6.92 Å². The predicted octanol–water partition coefficient (Wildman–Crippen LogP) is 3.06. The smallest absolute Gasteiger partial charge is 0.382 e. The fourth-order valence-corrected chi connectivity index (χ4v) is 4.79. The van der Waals surface area contributed by atoms with Crippen molar-refractivity contribution in [3.05, 3.63) is 30.2 Å². The lowest BCUT2D eigenvalue weighted by atomic mass is 9.74. The van der Waals surface area contributed by atoms with Crippen LogP contribution in [0.2, 0.25) is 0 Å². The second-order valence-corrected chi connectivity index (χ2v) is 9.23. The van der Waals surface area contributed by atoms with E-state index in [0.717, 1.165) is 17.4 Å². The number of amides is 1. The molecule has 35 heavy (non-hydrogen) atoms. The molecule has 0 bridgehead atoms. The SMILES string of the molecule is CC(=O)NC1(C)CC(Nc2nc(N)c3c(-c4ccc5nc(C)n(CC(F)(F)F)c5n4)ccn3n2)C1. The highest BCUT2D eigenvalue weighted by atomic mass is 19.4. The molecule has 4 aromatic rings. The Balaban J connectivity index is 1.44. The van der Waals surface area contributed by atoms with Gasteiger partial charge in [-0.15, -0.1) is 5.10 Å². The van der Waals surface area contributed by atoms with Crippen molar-refractivity contribution >= 4 is 34.4 Å². The number of halogens is 3. The molecule has 4 aromatic heterocycles. The van der Waals surface area contributed by atoms with Crippen molar-refractivity contribution in [3.8, 4) is 11.3 Å². The Kier molecular flexibility index (Phi) is 5.11. The van der Waals surface area contributed by atoms with Crippen LogP contribution in [0.5, 0.6) is 0 Å². The molecule has 0 radical (unpaired) electrons. The number of nitrogens with one attached hydrogen (secondary N) is 2. The molecule has 1 amide bonds. The van der Waals surface area contributed by atoms with E-state index in [2.05, 4.69) is 30.7 Å². The maximum Gasteiger partial charge on any atom is 0.406 e. The summed E-state index contributed by atoms with van der Waals surface area (Å²) in [4.78, 5) is 24.4. The Bertz CT molecular complexity index is 1450. The number of fused-ring (bicyclic) bond motifs is 2. The molecule has 1 fully saturated rings. The van der Waals surface area contributed by atoms with E-state index in [1.54, 1.807) is 28.9 Å². The van der Waals surface area contributed by atoms with E-state index in [4.69, 9.17) is 5.73 Å². The van der Waals surface area contributed by atoms with Gasteiger partial charge in [0.25, 0.3) is 0 Å². The van der Waals surface area contributed by atoms with E-state index >= 15 is 0 Å². The summed E-state index contributed by atoms with van der Waals surface area (Å²) >= 11 is 0. The highest BCUT2D eigenvalue weighted by Crippen LogP contribution is 2.34. The predicted molar refractivity (Wildman–Crippen MR) is 124 cm³/mol. The van der Waals surface area contributed by atoms with Gasteiger partial charge in [-0.3, -0.25) is 4.79 Å². The number of anilines is 2. The van der Waals surface area contributed by atoms with Crippen LogP contribution >= 0.6 is 0 Å². The summed E-state index contributed by atoms with van der Waals surface area (Å²) in [5.74, 6) is 0.701. The number of hydrogen-bond acceptors (Lipinski definition) is 7. The van der Waals surface area contributed by atoms with E-state index < -0.39 is 12.7 Å². The van der Waals surface area contributed by atoms with Crippen LogP contribution in [0.15, 0.2) is 24.4 Å². The standard InChI is InChI=1S/C22H24F3N9O/c1-11-27-16-5-4-15(29-19(16)33(11)10-22(23,24)25)14-6-7-34-17(14)18(26)30-20(32-34)28-13-8-21(3,9-13)31-12(2)35/h4-7,13H,8-10H2,1-3H3,(H,31,35)(H3,26,28,30,32). The fourth-order valence-electron chi connectivity index (χ4n) is 4.79. The van der Waals surface area contributed by atoms with Crippen molar-refractivity contribution in [1.82, 2.24) is 34.4 Å². The third-order valence-corrected chi connectivity index (χ3v) is 6.14. The van der Waals surface area contributed by atoms with Crippen molar-refractivity contribution in [2.24, 2.45) is 0 Å². The van der Waals surface area contributed by atoms with E-state index in [0.29, 0.717) is 28.2 Å². The van der Waals surface area contributed by atoms with Gasteiger partial charge in [0, 0.05) is 30.3 Å². The van der Waals surface area contributed by atoms with Gasteiger partial charge in [0.05, 0.1) is 5.69 Å². The maximum atomic E-state index is 13.1. The van der Waals surface area contributed by atoms with Gasteiger partial charge in [-0.1, -0.05) is 0 Å². The van der Waals surface area contributed by atoms with Gasteiger partial charge in [0.2, 0.25) is 11.9 Å². The molecule has 4 heterocycles. The summed E-state index contributed by atoms with van der Waals surface area (Å²) in [6, 6.07) is 5.15. The summed E-state index contributed by atoms with van der Waals surface area (Å²) in [6.45, 7) is 3.81. The van der Waals surface area contributed by atoms with Gasteiger partial charge in [-0.2, -0.15) is 18.2 Å². The van der Waals surface area contributed by atoms with Crippen molar-refractivity contribution in [2.75, 3.05) is 11.1 Å². The van der Waals surface area contributed by atoms with Gasteiger partial charge < -0.3 is 20.9 Å². The van der Waals surface area contributed by atoms with E-state index in [1.165, 1.54) is 13.8 Å². The fraction of sp³-hybridized carbons (Fsp3) is 0.409. The van der Waals surface area contributed by atoms with Crippen molar-refractivity contribution in [1.29, 1.82) is 0 Å². The molecule has 1 aliphatic rings. The molecule has 1 aliphatic carbocycles. The lowest BCUT2D eigenvalue weighted by Crippen LogP contribution is -2.59. The van der Waals surface area contributed by atoms with Gasteiger partial charge in [0.15, 0.2) is 11.5 Å². The largest absolute Gasteiger partial charge is 0.406 e.